The number of benzene rings is 1. The summed E-state index contributed by atoms with van der Waals surface area (Å²) < 4.78 is 12.9. The van der Waals surface area contributed by atoms with E-state index >= 15 is 0 Å². The Hall–Kier alpha value is -2.34. The van der Waals surface area contributed by atoms with Crippen molar-refractivity contribution < 1.29 is 14.3 Å². The van der Waals surface area contributed by atoms with Crippen LogP contribution in [-0.4, -0.2) is 35.0 Å². The van der Waals surface area contributed by atoms with Crippen LogP contribution in [0.5, 0.6) is 5.75 Å². The maximum atomic E-state index is 12.2. The van der Waals surface area contributed by atoms with Crippen molar-refractivity contribution >= 4 is 11.7 Å². The lowest BCUT2D eigenvalue weighted by Gasteiger charge is -2.12. The van der Waals surface area contributed by atoms with Crippen LogP contribution in [-0.2, 0) is 11.8 Å². The molecule has 22 heavy (non-hydrogen) atoms. The number of rotatable bonds is 5. The largest absolute Gasteiger partial charge is 0.491 e. The number of hydrogen-bond donors (Lipinski definition) is 1. The molecule has 1 atom stereocenters. The molecule has 2 heterocycles. The van der Waals surface area contributed by atoms with E-state index in [1.807, 2.05) is 6.07 Å². The van der Waals surface area contributed by atoms with Gasteiger partial charge >= 0.3 is 0 Å². The molecule has 1 aromatic heterocycles. The molecule has 0 bridgehead atoms. The van der Waals surface area contributed by atoms with E-state index in [2.05, 4.69) is 10.4 Å². The van der Waals surface area contributed by atoms with Gasteiger partial charge in [0.25, 0.3) is 5.91 Å². The number of aryl methyl sites for hydroxylation is 1. The molecule has 1 aliphatic heterocycles. The number of carbonyl (C=O) groups is 1. The third-order valence-corrected chi connectivity index (χ3v) is 3.51. The van der Waals surface area contributed by atoms with Crippen molar-refractivity contribution in [3.05, 3.63) is 42.1 Å². The molecule has 1 N–H and O–H groups in total. The molecule has 116 valence electrons. The van der Waals surface area contributed by atoms with Gasteiger partial charge in [-0.15, -0.1) is 0 Å². The summed E-state index contributed by atoms with van der Waals surface area (Å²) in [7, 11) is 1.80. The summed E-state index contributed by atoms with van der Waals surface area (Å²) in [5, 5.41) is 6.88. The maximum absolute atomic E-state index is 12.2. The van der Waals surface area contributed by atoms with Crippen LogP contribution in [0.3, 0.4) is 0 Å². The van der Waals surface area contributed by atoms with E-state index in [4.69, 9.17) is 9.47 Å². The Morgan fingerprint density at radius 3 is 3.14 bits per heavy atom. The Balaban J connectivity index is 1.61. The van der Waals surface area contributed by atoms with Crippen molar-refractivity contribution in [2.24, 2.45) is 7.05 Å². The monoisotopic (exact) mass is 301 g/mol. The first-order valence-electron chi connectivity index (χ1n) is 7.36. The number of anilines is 1. The van der Waals surface area contributed by atoms with Gasteiger partial charge in [0.2, 0.25) is 0 Å². The van der Waals surface area contributed by atoms with Crippen LogP contribution in [0.2, 0.25) is 0 Å². The van der Waals surface area contributed by atoms with Gasteiger partial charge < -0.3 is 14.8 Å². The summed E-state index contributed by atoms with van der Waals surface area (Å²) in [6, 6.07) is 8.87. The fourth-order valence-electron chi connectivity index (χ4n) is 2.36. The van der Waals surface area contributed by atoms with Crippen molar-refractivity contribution in [1.82, 2.24) is 9.78 Å². The number of ether oxygens (including phenoxy) is 2. The van der Waals surface area contributed by atoms with Crippen molar-refractivity contribution in [2.45, 2.75) is 18.9 Å². The van der Waals surface area contributed by atoms with Gasteiger partial charge in [-0.3, -0.25) is 9.48 Å². The molecule has 3 rings (SSSR count). The van der Waals surface area contributed by atoms with Crippen LogP contribution >= 0.6 is 0 Å². The highest BCUT2D eigenvalue weighted by Crippen LogP contribution is 2.18. The highest BCUT2D eigenvalue weighted by molar-refractivity contribution is 6.03. The van der Waals surface area contributed by atoms with Crippen molar-refractivity contribution in [3.8, 4) is 5.75 Å². The van der Waals surface area contributed by atoms with Gasteiger partial charge in [0.1, 0.15) is 12.4 Å². The van der Waals surface area contributed by atoms with Gasteiger partial charge in [-0.05, 0) is 31.0 Å². The van der Waals surface area contributed by atoms with E-state index in [-0.39, 0.29) is 12.0 Å². The first-order chi connectivity index (χ1) is 10.7. The van der Waals surface area contributed by atoms with E-state index in [0.29, 0.717) is 23.7 Å². The molecule has 1 aliphatic rings. The molecular formula is C16H19N3O3. The van der Waals surface area contributed by atoms with E-state index < -0.39 is 0 Å². The molecule has 6 heteroatoms. The fourth-order valence-corrected chi connectivity index (χ4v) is 2.36. The minimum absolute atomic E-state index is 0.158. The number of nitrogens with zero attached hydrogens (tertiary/aromatic N) is 2. The summed E-state index contributed by atoms with van der Waals surface area (Å²) in [6.07, 6.45) is 4.04. The maximum Gasteiger partial charge on any atom is 0.256 e. The lowest BCUT2D eigenvalue weighted by Crippen LogP contribution is -2.17. The zero-order valence-electron chi connectivity index (χ0n) is 12.5. The topological polar surface area (TPSA) is 65.4 Å². The molecule has 2 aromatic rings. The second-order valence-corrected chi connectivity index (χ2v) is 5.30. The van der Waals surface area contributed by atoms with Gasteiger partial charge in [0.15, 0.2) is 5.82 Å². The van der Waals surface area contributed by atoms with Gasteiger partial charge in [-0.1, -0.05) is 6.07 Å². The molecule has 0 radical (unpaired) electrons. The number of aromatic nitrogens is 2. The minimum Gasteiger partial charge on any atom is -0.491 e. The van der Waals surface area contributed by atoms with Gasteiger partial charge in [-0.25, -0.2) is 0 Å². The van der Waals surface area contributed by atoms with E-state index in [9.17, 15) is 4.79 Å². The summed E-state index contributed by atoms with van der Waals surface area (Å²) in [5.41, 5.74) is 0.537. The molecule has 1 fully saturated rings. The number of nitrogens with one attached hydrogen (secondary N) is 1. The zero-order chi connectivity index (χ0) is 15.4. The Kier molecular flexibility index (Phi) is 4.39. The first-order valence-corrected chi connectivity index (χ1v) is 7.36. The molecule has 1 saturated heterocycles. The third kappa shape index (κ3) is 3.65. The van der Waals surface area contributed by atoms with Gasteiger partial charge in [0.05, 0.1) is 6.10 Å². The molecule has 1 amide bonds. The zero-order valence-corrected chi connectivity index (χ0v) is 12.5. The van der Waals surface area contributed by atoms with Crippen molar-refractivity contribution in [3.63, 3.8) is 0 Å². The van der Waals surface area contributed by atoms with Gasteiger partial charge in [-0.2, -0.15) is 5.10 Å². The molecular weight excluding hydrogens is 282 g/mol. The molecule has 0 saturated carbocycles. The second kappa shape index (κ2) is 6.62. The number of hydrogen-bond acceptors (Lipinski definition) is 4. The predicted molar refractivity (Wildman–Crippen MR) is 82.1 cm³/mol. The third-order valence-electron chi connectivity index (χ3n) is 3.51. The lowest BCUT2D eigenvalue weighted by molar-refractivity contribution is 0.0679. The normalized spacial score (nSPS) is 17.4. The Morgan fingerprint density at radius 1 is 1.50 bits per heavy atom. The molecule has 1 aromatic carbocycles. The summed E-state index contributed by atoms with van der Waals surface area (Å²) >= 11 is 0. The fraction of sp³-hybridized carbons (Fsp3) is 0.375. The second-order valence-electron chi connectivity index (χ2n) is 5.30. The predicted octanol–water partition coefficient (Wildman–Crippen LogP) is 2.23. The van der Waals surface area contributed by atoms with Crippen LogP contribution in [0.25, 0.3) is 0 Å². The quantitative estimate of drug-likeness (QED) is 0.919. The van der Waals surface area contributed by atoms with Crippen molar-refractivity contribution in [1.29, 1.82) is 0 Å². The standard InChI is InChI=1S/C16H19N3O3/c1-19-8-7-15(18-19)17-16(20)12-4-2-5-13(10-12)22-11-14-6-3-9-21-14/h2,4-5,7-8,10,14H,3,6,9,11H2,1H3,(H,17,18,20)/t14-/m0/s1. The Morgan fingerprint density at radius 2 is 2.41 bits per heavy atom. The summed E-state index contributed by atoms with van der Waals surface area (Å²) in [6.45, 7) is 1.33. The number of carbonyl (C=O) groups excluding carboxylic acids is 1. The molecule has 0 spiro atoms. The highest BCUT2D eigenvalue weighted by Gasteiger charge is 2.16. The molecule has 6 nitrogen and oxygen atoms in total. The summed E-state index contributed by atoms with van der Waals surface area (Å²) in [5.74, 6) is 0.989. The van der Waals surface area contributed by atoms with Crippen LogP contribution < -0.4 is 10.1 Å². The Labute approximate surface area is 129 Å². The number of amides is 1. The molecule has 0 unspecified atom stereocenters. The van der Waals surface area contributed by atoms with Crippen molar-refractivity contribution in [2.75, 3.05) is 18.5 Å². The van der Waals surface area contributed by atoms with Crippen LogP contribution in [0.1, 0.15) is 23.2 Å². The van der Waals surface area contributed by atoms with E-state index in [1.54, 1.807) is 42.2 Å². The average molecular weight is 301 g/mol. The minimum atomic E-state index is -0.207. The smallest absolute Gasteiger partial charge is 0.256 e. The first kappa shape index (κ1) is 14.6. The van der Waals surface area contributed by atoms with E-state index in [1.165, 1.54) is 0 Å². The van der Waals surface area contributed by atoms with Gasteiger partial charge in [0, 0.05) is 31.5 Å². The van der Waals surface area contributed by atoms with Crippen LogP contribution in [0.15, 0.2) is 36.5 Å². The highest BCUT2D eigenvalue weighted by atomic mass is 16.5. The molecule has 0 aliphatic carbocycles. The SMILES string of the molecule is Cn1ccc(NC(=O)c2cccc(OC[C@@H]3CCCO3)c2)n1. The Bertz CT molecular complexity index is 648. The van der Waals surface area contributed by atoms with Crippen LogP contribution in [0, 0.1) is 0 Å². The lowest BCUT2D eigenvalue weighted by atomic mass is 10.2. The average Bonchev–Trinajstić information content (AvgIpc) is 3.17. The van der Waals surface area contributed by atoms with E-state index in [0.717, 1.165) is 19.4 Å². The summed E-state index contributed by atoms with van der Waals surface area (Å²) in [4.78, 5) is 12.2. The van der Waals surface area contributed by atoms with Crippen LogP contribution in [0.4, 0.5) is 5.82 Å².